The Morgan fingerprint density at radius 1 is 1.40 bits per heavy atom. The number of nitrogens with zero attached hydrogens (tertiary/aromatic N) is 3. The Labute approximate surface area is 89.6 Å². The molecular formula is C10H18N4O. The van der Waals surface area contributed by atoms with Crippen LogP contribution in [0, 0.1) is 0 Å². The van der Waals surface area contributed by atoms with Crippen molar-refractivity contribution < 1.29 is 4.52 Å². The molecule has 0 aliphatic heterocycles. The first-order valence-corrected chi connectivity index (χ1v) is 5.55. The summed E-state index contributed by atoms with van der Waals surface area (Å²) in [5.74, 6) is 1.40. The zero-order chi connectivity index (χ0) is 10.9. The molecule has 1 fully saturated rings. The molecule has 0 saturated heterocycles. The highest BCUT2D eigenvalue weighted by atomic mass is 16.5. The van der Waals surface area contributed by atoms with E-state index in [9.17, 15) is 0 Å². The van der Waals surface area contributed by atoms with Crippen molar-refractivity contribution in [2.24, 2.45) is 5.73 Å². The Hall–Kier alpha value is -1.10. The van der Waals surface area contributed by atoms with Gasteiger partial charge in [-0.2, -0.15) is 4.98 Å². The third kappa shape index (κ3) is 1.71. The minimum Gasteiger partial charge on any atom is -0.339 e. The number of anilines is 1. The minimum atomic E-state index is -0.00158. The molecule has 0 aromatic carbocycles. The second-order valence-corrected chi connectivity index (χ2v) is 4.06. The molecule has 0 atom stereocenters. The summed E-state index contributed by atoms with van der Waals surface area (Å²) in [5, 5.41) is 4.00. The summed E-state index contributed by atoms with van der Waals surface area (Å²) >= 11 is 0. The monoisotopic (exact) mass is 210 g/mol. The molecule has 5 heteroatoms. The molecule has 2 N–H and O–H groups in total. The van der Waals surface area contributed by atoms with E-state index in [0.717, 1.165) is 25.9 Å². The molecule has 1 aliphatic carbocycles. The second-order valence-electron chi connectivity index (χ2n) is 4.06. The van der Waals surface area contributed by atoms with Crippen LogP contribution in [0.2, 0.25) is 0 Å². The van der Waals surface area contributed by atoms with E-state index in [2.05, 4.69) is 28.9 Å². The van der Waals surface area contributed by atoms with E-state index in [-0.39, 0.29) is 5.41 Å². The van der Waals surface area contributed by atoms with E-state index in [4.69, 9.17) is 10.3 Å². The lowest BCUT2D eigenvalue weighted by atomic mass is 10.1. The van der Waals surface area contributed by atoms with E-state index in [1.54, 1.807) is 0 Å². The first-order chi connectivity index (χ1) is 7.25. The van der Waals surface area contributed by atoms with Crippen LogP contribution in [0.25, 0.3) is 0 Å². The topological polar surface area (TPSA) is 68.2 Å². The third-order valence-corrected chi connectivity index (χ3v) is 3.16. The van der Waals surface area contributed by atoms with Gasteiger partial charge in [0.25, 0.3) is 5.95 Å². The molecule has 1 saturated carbocycles. The van der Waals surface area contributed by atoms with Gasteiger partial charge in [-0.1, -0.05) is 0 Å². The molecule has 84 valence electrons. The van der Waals surface area contributed by atoms with Gasteiger partial charge in [0, 0.05) is 19.6 Å². The molecule has 1 heterocycles. The Kier molecular flexibility index (Phi) is 2.65. The maximum Gasteiger partial charge on any atom is 0.266 e. The lowest BCUT2D eigenvalue weighted by Gasteiger charge is -2.14. The lowest BCUT2D eigenvalue weighted by molar-refractivity contribution is 0.346. The van der Waals surface area contributed by atoms with E-state index < -0.39 is 0 Å². The van der Waals surface area contributed by atoms with E-state index in [1.807, 2.05) is 0 Å². The summed E-state index contributed by atoms with van der Waals surface area (Å²) in [4.78, 5) is 6.49. The molecule has 2 rings (SSSR count). The highest BCUT2D eigenvalue weighted by Gasteiger charge is 2.48. The Morgan fingerprint density at radius 3 is 2.53 bits per heavy atom. The van der Waals surface area contributed by atoms with Gasteiger partial charge in [0.05, 0.1) is 5.41 Å². The van der Waals surface area contributed by atoms with Gasteiger partial charge in [-0.15, -0.1) is 0 Å². The van der Waals surface area contributed by atoms with Crippen LogP contribution in [0.3, 0.4) is 0 Å². The van der Waals surface area contributed by atoms with Crippen molar-refractivity contribution in [3.63, 3.8) is 0 Å². The average molecular weight is 210 g/mol. The van der Waals surface area contributed by atoms with Crippen LogP contribution in [0.5, 0.6) is 0 Å². The zero-order valence-corrected chi connectivity index (χ0v) is 9.36. The van der Waals surface area contributed by atoms with Crippen molar-refractivity contribution in [2.45, 2.75) is 32.1 Å². The normalized spacial score (nSPS) is 17.8. The highest BCUT2D eigenvalue weighted by Crippen LogP contribution is 2.46. The summed E-state index contributed by atoms with van der Waals surface area (Å²) < 4.78 is 5.28. The fourth-order valence-corrected chi connectivity index (χ4v) is 1.72. The highest BCUT2D eigenvalue weighted by molar-refractivity contribution is 5.29. The molecule has 5 nitrogen and oxygen atoms in total. The minimum absolute atomic E-state index is 0.00158. The molecule has 1 aliphatic rings. The molecule has 1 aromatic rings. The molecule has 0 spiro atoms. The Morgan fingerprint density at radius 2 is 2.07 bits per heavy atom. The van der Waals surface area contributed by atoms with Crippen LogP contribution in [-0.4, -0.2) is 29.8 Å². The van der Waals surface area contributed by atoms with Crippen molar-refractivity contribution in [1.82, 2.24) is 10.1 Å². The van der Waals surface area contributed by atoms with Gasteiger partial charge in [-0.25, -0.2) is 0 Å². The van der Waals surface area contributed by atoms with Crippen LogP contribution in [0.15, 0.2) is 4.52 Å². The molecule has 15 heavy (non-hydrogen) atoms. The van der Waals surface area contributed by atoms with Crippen LogP contribution >= 0.6 is 0 Å². The first-order valence-electron chi connectivity index (χ1n) is 5.55. The van der Waals surface area contributed by atoms with Crippen molar-refractivity contribution in [1.29, 1.82) is 0 Å². The summed E-state index contributed by atoms with van der Waals surface area (Å²) in [6.07, 6.45) is 2.15. The molecule has 1 aromatic heterocycles. The van der Waals surface area contributed by atoms with Gasteiger partial charge in [-0.05, 0) is 31.8 Å². The van der Waals surface area contributed by atoms with Gasteiger partial charge < -0.3 is 15.2 Å². The molecule has 0 radical (unpaired) electrons. The maximum absolute atomic E-state index is 5.71. The standard InChI is InChI=1S/C10H18N4O/c1-3-14(4-2)9-12-8(15-13-9)10(7-11)5-6-10/h3-7,11H2,1-2H3. The van der Waals surface area contributed by atoms with E-state index in [1.165, 1.54) is 0 Å². The number of hydrogen-bond donors (Lipinski definition) is 1. The summed E-state index contributed by atoms with van der Waals surface area (Å²) in [6, 6.07) is 0. The van der Waals surface area contributed by atoms with E-state index in [0.29, 0.717) is 18.4 Å². The van der Waals surface area contributed by atoms with Gasteiger partial charge >= 0.3 is 0 Å². The third-order valence-electron chi connectivity index (χ3n) is 3.16. The van der Waals surface area contributed by atoms with Crippen molar-refractivity contribution >= 4 is 5.95 Å². The van der Waals surface area contributed by atoms with Gasteiger partial charge in [0.1, 0.15) is 0 Å². The number of aromatic nitrogens is 2. The fraction of sp³-hybridized carbons (Fsp3) is 0.800. The summed E-state index contributed by atoms with van der Waals surface area (Å²) in [6.45, 7) is 6.55. The predicted octanol–water partition coefficient (Wildman–Crippen LogP) is 0.906. The maximum atomic E-state index is 5.71. The van der Waals surface area contributed by atoms with Crippen LogP contribution in [-0.2, 0) is 5.41 Å². The van der Waals surface area contributed by atoms with Gasteiger partial charge in [0.15, 0.2) is 0 Å². The number of hydrogen-bond acceptors (Lipinski definition) is 5. The van der Waals surface area contributed by atoms with Crippen molar-refractivity contribution in [3.8, 4) is 0 Å². The lowest BCUT2D eigenvalue weighted by Crippen LogP contribution is -2.24. The average Bonchev–Trinajstić information content (AvgIpc) is 2.93. The van der Waals surface area contributed by atoms with Crippen molar-refractivity contribution in [3.05, 3.63) is 5.89 Å². The zero-order valence-electron chi connectivity index (χ0n) is 9.36. The SMILES string of the molecule is CCN(CC)c1noc(C2(CN)CC2)n1. The molecular weight excluding hydrogens is 192 g/mol. The fourth-order valence-electron chi connectivity index (χ4n) is 1.72. The quantitative estimate of drug-likeness (QED) is 0.782. The predicted molar refractivity (Wildman–Crippen MR) is 57.8 cm³/mol. The van der Waals surface area contributed by atoms with Crippen molar-refractivity contribution in [2.75, 3.05) is 24.5 Å². The second kappa shape index (κ2) is 3.81. The van der Waals surface area contributed by atoms with Crippen LogP contribution in [0.4, 0.5) is 5.95 Å². The number of rotatable bonds is 5. The summed E-state index contributed by atoms with van der Waals surface area (Å²) in [5.41, 5.74) is 5.71. The van der Waals surface area contributed by atoms with E-state index >= 15 is 0 Å². The van der Waals surface area contributed by atoms with Crippen LogP contribution < -0.4 is 10.6 Å². The molecule has 0 amide bonds. The molecule has 0 unspecified atom stereocenters. The smallest absolute Gasteiger partial charge is 0.266 e. The van der Waals surface area contributed by atoms with Crippen LogP contribution in [0.1, 0.15) is 32.6 Å². The first kappa shape index (κ1) is 10.4. The largest absolute Gasteiger partial charge is 0.339 e. The summed E-state index contributed by atoms with van der Waals surface area (Å²) in [7, 11) is 0. The Balaban J connectivity index is 2.17. The Bertz CT molecular complexity index is 328. The van der Waals surface area contributed by atoms with Gasteiger partial charge in [0.2, 0.25) is 5.89 Å². The molecule has 0 bridgehead atoms. The van der Waals surface area contributed by atoms with Gasteiger partial charge in [-0.3, -0.25) is 0 Å². The number of nitrogens with two attached hydrogens (primary N) is 1.